The van der Waals surface area contributed by atoms with Crippen LogP contribution in [0.2, 0.25) is 0 Å². The fourth-order valence-electron chi connectivity index (χ4n) is 3.16. The van der Waals surface area contributed by atoms with Crippen molar-refractivity contribution in [2.75, 3.05) is 13.1 Å². The molecular formula is C18H19Cl3N2O. The van der Waals surface area contributed by atoms with E-state index in [1.807, 2.05) is 24.5 Å². The van der Waals surface area contributed by atoms with Gasteiger partial charge in [-0.2, -0.15) is 0 Å². The van der Waals surface area contributed by atoms with Crippen molar-refractivity contribution < 1.29 is 4.79 Å². The molecule has 1 aromatic heterocycles. The normalized spacial score (nSPS) is 16.4. The molecule has 1 fully saturated rings. The zero-order chi connectivity index (χ0) is 17.2. The number of nitrogens with zero attached hydrogens (tertiary/aromatic N) is 2. The van der Waals surface area contributed by atoms with Crippen LogP contribution in [0.15, 0.2) is 48.8 Å². The lowest BCUT2D eigenvalue weighted by Crippen LogP contribution is -2.44. The Hall–Kier alpha value is -1.16. The van der Waals surface area contributed by atoms with Gasteiger partial charge in [0.25, 0.3) is 9.70 Å². The van der Waals surface area contributed by atoms with E-state index in [2.05, 4.69) is 28.8 Å². The number of benzene rings is 1. The summed E-state index contributed by atoms with van der Waals surface area (Å²) in [5.41, 5.74) is 2.48. The van der Waals surface area contributed by atoms with E-state index in [1.165, 1.54) is 5.56 Å². The van der Waals surface area contributed by atoms with Crippen molar-refractivity contribution in [2.24, 2.45) is 5.92 Å². The summed E-state index contributed by atoms with van der Waals surface area (Å²) >= 11 is 17.0. The third-order valence-electron chi connectivity index (χ3n) is 4.51. The van der Waals surface area contributed by atoms with E-state index in [0.717, 1.165) is 24.9 Å². The van der Waals surface area contributed by atoms with Crippen molar-refractivity contribution in [3.8, 4) is 5.69 Å². The first-order chi connectivity index (χ1) is 11.4. The maximum absolute atomic E-state index is 12.0. The van der Waals surface area contributed by atoms with Crippen molar-refractivity contribution in [3.05, 3.63) is 54.4 Å². The van der Waals surface area contributed by atoms with Crippen LogP contribution >= 0.6 is 34.8 Å². The number of alkyl halides is 3. The maximum Gasteiger partial charge on any atom is 0.274 e. The highest BCUT2D eigenvalue weighted by Gasteiger charge is 2.36. The molecule has 0 bridgehead atoms. The van der Waals surface area contributed by atoms with E-state index >= 15 is 0 Å². The minimum absolute atomic E-state index is 0.415. The molecule has 0 atom stereocenters. The van der Waals surface area contributed by atoms with Crippen LogP contribution in [-0.4, -0.2) is 32.3 Å². The predicted octanol–water partition coefficient (Wildman–Crippen LogP) is 4.63. The Morgan fingerprint density at radius 2 is 1.62 bits per heavy atom. The van der Waals surface area contributed by atoms with E-state index in [9.17, 15) is 4.79 Å². The second kappa shape index (κ2) is 7.38. The number of hydrogen-bond donors (Lipinski definition) is 0. The van der Waals surface area contributed by atoms with Crippen LogP contribution in [0.4, 0.5) is 0 Å². The molecule has 0 aliphatic carbocycles. The van der Waals surface area contributed by atoms with Gasteiger partial charge in [0, 0.05) is 31.2 Å². The third-order valence-corrected chi connectivity index (χ3v) is 4.99. The van der Waals surface area contributed by atoms with Gasteiger partial charge in [0.15, 0.2) is 0 Å². The van der Waals surface area contributed by atoms with Crippen LogP contribution in [0.25, 0.3) is 5.69 Å². The van der Waals surface area contributed by atoms with E-state index in [1.54, 1.807) is 4.90 Å². The fraction of sp³-hybridized carbons (Fsp3) is 0.389. The molecule has 3 rings (SSSR count). The minimum Gasteiger partial charge on any atom is -0.339 e. The van der Waals surface area contributed by atoms with E-state index in [4.69, 9.17) is 34.8 Å². The van der Waals surface area contributed by atoms with Crippen LogP contribution in [0.1, 0.15) is 18.4 Å². The molecule has 1 aliphatic heterocycles. The van der Waals surface area contributed by atoms with Gasteiger partial charge in [-0.3, -0.25) is 4.79 Å². The van der Waals surface area contributed by atoms with Crippen molar-refractivity contribution in [1.82, 2.24) is 9.47 Å². The number of piperidine rings is 1. The average Bonchev–Trinajstić information content (AvgIpc) is 3.09. The number of rotatable bonds is 3. The van der Waals surface area contributed by atoms with Gasteiger partial charge in [0.05, 0.1) is 0 Å². The highest BCUT2D eigenvalue weighted by atomic mass is 35.6. The molecule has 0 unspecified atom stereocenters. The number of halogens is 3. The van der Waals surface area contributed by atoms with Crippen molar-refractivity contribution in [3.63, 3.8) is 0 Å². The molecule has 0 spiro atoms. The number of hydrogen-bond acceptors (Lipinski definition) is 1. The summed E-state index contributed by atoms with van der Waals surface area (Å²) in [6, 6.07) is 12.6. The molecule has 1 aromatic carbocycles. The predicted molar refractivity (Wildman–Crippen MR) is 99.1 cm³/mol. The molecule has 0 radical (unpaired) electrons. The number of carbonyl (C=O) groups is 1. The Kier molecular flexibility index (Phi) is 5.43. The van der Waals surface area contributed by atoms with E-state index in [-0.39, 0.29) is 0 Å². The van der Waals surface area contributed by atoms with E-state index < -0.39 is 9.70 Å². The van der Waals surface area contributed by atoms with Gasteiger partial charge in [0.1, 0.15) is 0 Å². The van der Waals surface area contributed by atoms with Crippen LogP contribution in [0.3, 0.4) is 0 Å². The summed E-state index contributed by atoms with van der Waals surface area (Å²) in [6.45, 7) is 1.30. The van der Waals surface area contributed by atoms with Gasteiger partial charge in [-0.1, -0.05) is 46.9 Å². The summed E-state index contributed by atoms with van der Waals surface area (Å²) in [6.07, 6.45) is 6.96. The molecular weight excluding hydrogens is 367 g/mol. The molecule has 2 aromatic rings. The van der Waals surface area contributed by atoms with Gasteiger partial charge in [-0.25, -0.2) is 0 Å². The molecule has 0 N–H and O–H groups in total. The quantitative estimate of drug-likeness (QED) is 0.707. The lowest BCUT2D eigenvalue weighted by Gasteiger charge is -2.33. The molecule has 3 nitrogen and oxygen atoms in total. The molecule has 1 amide bonds. The summed E-state index contributed by atoms with van der Waals surface area (Å²) < 4.78 is 0.242. The SMILES string of the molecule is O=C(N1CCC(Cc2ccc(-n3cccc3)cc2)CC1)C(Cl)(Cl)Cl. The number of likely N-dealkylation sites (tertiary alicyclic amines) is 1. The van der Waals surface area contributed by atoms with Crippen LogP contribution in [-0.2, 0) is 11.2 Å². The van der Waals surface area contributed by atoms with Crippen LogP contribution in [0, 0.1) is 5.92 Å². The molecule has 6 heteroatoms. The lowest BCUT2D eigenvalue weighted by atomic mass is 9.90. The van der Waals surface area contributed by atoms with Crippen molar-refractivity contribution >= 4 is 40.7 Å². The number of amides is 1. The first-order valence-electron chi connectivity index (χ1n) is 8.02. The Balaban J connectivity index is 1.54. The Bertz CT molecular complexity index is 669. The molecule has 1 saturated heterocycles. The topological polar surface area (TPSA) is 25.2 Å². The zero-order valence-corrected chi connectivity index (χ0v) is 15.4. The monoisotopic (exact) mass is 384 g/mol. The van der Waals surface area contributed by atoms with Gasteiger partial charge >= 0.3 is 0 Å². The Morgan fingerprint density at radius 1 is 1.04 bits per heavy atom. The zero-order valence-electron chi connectivity index (χ0n) is 13.2. The first-order valence-corrected chi connectivity index (χ1v) is 9.15. The highest BCUT2D eigenvalue weighted by Crippen LogP contribution is 2.31. The van der Waals surface area contributed by atoms with Gasteiger partial charge in [-0.15, -0.1) is 0 Å². The smallest absolute Gasteiger partial charge is 0.274 e. The number of carbonyl (C=O) groups excluding carboxylic acids is 1. The molecule has 128 valence electrons. The highest BCUT2D eigenvalue weighted by molar-refractivity contribution is 6.76. The molecule has 24 heavy (non-hydrogen) atoms. The minimum atomic E-state index is -1.85. The molecule has 0 saturated carbocycles. The molecule has 1 aliphatic rings. The van der Waals surface area contributed by atoms with Crippen molar-refractivity contribution in [2.45, 2.75) is 23.1 Å². The third kappa shape index (κ3) is 4.27. The fourth-order valence-corrected chi connectivity index (χ4v) is 3.52. The largest absolute Gasteiger partial charge is 0.339 e. The lowest BCUT2D eigenvalue weighted by molar-refractivity contribution is -0.131. The summed E-state index contributed by atoms with van der Waals surface area (Å²) in [7, 11) is 0. The summed E-state index contributed by atoms with van der Waals surface area (Å²) in [4.78, 5) is 13.6. The van der Waals surface area contributed by atoms with Crippen LogP contribution < -0.4 is 0 Å². The Morgan fingerprint density at radius 3 is 2.17 bits per heavy atom. The first kappa shape index (κ1) is 17.7. The summed E-state index contributed by atoms with van der Waals surface area (Å²) in [5.74, 6) is 0.142. The van der Waals surface area contributed by atoms with Gasteiger partial charge < -0.3 is 9.47 Å². The van der Waals surface area contributed by atoms with Gasteiger partial charge in [0.2, 0.25) is 0 Å². The second-order valence-corrected chi connectivity index (χ2v) is 8.48. The average molecular weight is 386 g/mol. The standard InChI is InChI=1S/C18H19Cl3N2O/c19-18(20,21)17(24)23-11-7-15(8-12-23)13-14-3-5-16(6-4-14)22-9-1-2-10-22/h1-6,9-10,15H,7-8,11-13H2. The number of aromatic nitrogens is 1. The van der Waals surface area contributed by atoms with Gasteiger partial charge in [-0.05, 0) is 55.0 Å². The van der Waals surface area contributed by atoms with E-state index in [0.29, 0.717) is 19.0 Å². The maximum atomic E-state index is 12.0. The van der Waals surface area contributed by atoms with Crippen molar-refractivity contribution in [1.29, 1.82) is 0 Å². The molecule has 2 heterocycles. The summed E-state index contributed by atoms with van der Waals surface area (Å²) in [5, 5.41) is 0. The second-order valence-electron chi connectivity index (χ2n) is 6.19. The Labute approximate surface area is 157 Å². The van der Waals surface area contributed by atoms with Crippen LogP contribution in [0.5, 0.6) is 0 Å².